The van der Waals surface area contributed by atoms with Crippen molar-refractivity contribution in [2.75, 3.05) is 43.5 Å². The van der Waals surface area contributed by atoms with Crippen molar-refractivity contribution in [2.24, 2.45) is 28.8 Å². The SMILES string of the molecule is CO[C@H]1/C=C/O[C@@]2(C)Oc3c(C)c(=O)c4c(O)c(c5oc6cc(N7CCN(C(C)C)CC7)ccc6nc5c4c3/C2=N/O)NC(=O)/C(C)=C\C=C\[C@H](C)[C@H](O)[C@@H](C)[C@@H](O)[C@@H](C)[C@H](OC(C)=O)[C@@H]1C. The zero-order chi connectivity index (χ0) is 48.8. The van der Waals surface area contributed by atoms with E-state index in [1.54, 1.807) is 58.9 Å². The van der Waals surface area contributed by atoms with Crippen LogP contribution in [0.2, 0.25) is 0 Å². The van der Waals surface area contributed by atoms with E-state index in [9.17, 15) is 34.9 Å². The summed E-state index contributed by atoms with van der Waals surface area (Å²) in [5, 5.41) is 52.4. The number of carbonyl (C=O) groups is 2. The summed E-state index contributed by atoms with van der Waals surface area (Å²) in [5.41, 5.74) is 0.921. The second-order valence-corrected chi connectivity index (χ2v) is 18.6. The lowest BCUT2D eigenvalue weighted by Crippen LogP contribution is -2.48. The normalized spacial score (nSPS) is 30.4. The molecule has 5 N–H and O–H groups in total. The number of fused-ring (bicyclic) bond motifs is 2. The van der Waals surface area contributed by atoms with E-state index < -0.39 is 76.9 Å². The maximum absolute atomic E-state index is 14.5. The summed E-state index contributed by atoms with van der Waals surface area (Å²) in [5.74, 6) is -6.19. The van der Waals surface area contributed by atoms with Crippen LogP contribution in [0.3, 0.4) is 0 Å². The summed E-state index contributed by atoms with van der Waals surface area (Å²) >= 11 is 0. The highest BCUT2D eigenvalue weighted by molar-refractivity contribution is 6.27. The number of aliphatic hydroxyl groups is 2. The maximum atomic E-state index is 14.5. The van der Waals surface area contributed by atoms with E-state index in [0.29, 0.717) is 17.1 Å². The van der Waals surface area contributed by atoms with Crippen molar-refractivity contribution in [3.05, 3.63) is 75.7 Å². The van der Waals surface area contributed by atoms with E-state index >= 15 is 0 Å². The molecule has 3 aliphatic heterocycles. The number of benzene rings is 3. The third-order valence-electron chi connectivity index (χ3n) is 13.9. The number of nitrogens with one attached hydrogen (secondary N) is 1. The number of methoxy groups -OCH3 is 1. The number of allylic oxidation sites excluding steroid dienone is 2. The number of nitrogens with zero attached hydrogens (tertiary/aromatic N) is 4. The highest BCUT2D eigenvalue weighted by atomic mass is 16.7. The number of phenolic OH excluding ortho intramolecular Hbond substituents is 1. The number of aromatic nitrogens is 1. The number of carbonyl (C=O) groups excluding carboxylic acids is 2. The fraction of sp³-hybridized carbons (Fsp3) is 0.500. The first-order valence-electron chi connectivity index (χ1n) is 22.8. The molecule has 17 nitrogen and oxygen atoms in total. The van der Waals surface area contributed by atoms with Crippen molar-refractivity contribution in [1.29, 1.82) is 0 Å². The van der Waals surface area contributed by atoms with Gasteiger partial charge in [-0.25, -0.2) is 4.98 Å². The van der Waals surface area contributed by atoms with Crippen LogP contribution < -0.4 is 20.4 Å². The molecule has 0 unspecified atom stereocenters. The monoisotopic (exact) mass is 925 g/mol. The molecule has 17 heteroatoms. The van der Waals surface area contributed by atoms with Gasteiger partial charge in [-0.2, -0.15) is 0 Å². The van der Waals surface area contributed by atoms with E-state index in [1.165, 1.54) is 40.2 Å². The van der Waals surface area contributed by atoms with Gasteiger partial charge >= 0.3 is 5.97 Å². The van der Waals surface area contributed by atoms with Crippen LogP contribution in [-0.4, -0.2) is 118 Å². The minimum absolute atomic E-state index is 0.00693. The van der Waals surface area contributed by atoms with E-state index in [-0.39, 0.29) is 55.7 Å². The average molecular weight is 926 g/mol. The molecule has 4 heterocycles. The van der Waals surface area contributed by atoms with Gasteiger partial charge in [0.2, 0.25) is 0 Å². The second-order valence-electron chi connectivity index (χ2n) is 18.6. The van der Waals surface area contributed by atoms with Gasteiger partial charge in [-0.05, 0) is 45.9 Å². The number of rotatable bonds is 4. The molecule has 3 aliphatic rings. The number of phenols is 1. The number of ether oxygens (including phenoxy) is 4. The van der Waals surface area contributed by atoms with Crippen LogP contribution in [0.1, 0.15) is 73.4 Å². The molecular formula is C50H63N5O12. The lowest BCUT2D eigenvalue weighted by molar-refractivity contribution is -0.160. The Kier molecular flexibility index (Phi) is 14.1. The zero-order valence-electron chi connectivity index (χ0n) is 40.0. The lowest BCUT2D eigenvalue weighted by Gasteiger charge is -2.38. The molecule has 67 heavy (non-hydrogen) atoms. The van der Waals surface area contributed by atoms with Crippen LogP contribution in [0.5, 0.6) is 11.5 Å². The van der Waals surface area contributed by atoms with Crippen LogP contribution in [0.15, 0.2) is 68.7 Å². The average Bonchev–Trinajstić information content (AvgIpc) is 3.61. The summed E-state index contributed by atoms with van der Waals surface area (Å²) in [6, 6.07) is 6.02. The summed E-state index contributed by atoms with van der Waals surface area (Å²) in [6.45, 7) is 20.5. The third kappa shape index (κ3) is 9.09. The highest BCUT2D eigenvalue weighted by Crippen LogP contribution is 2.49. The molecule has 3 aromatic carbocycles. The number of aromatic hydroxyl groups is 1. The number of esters is 1. The molecule has 7 rings (SSSR count). The van der Waals surface area contributed by atoms with Crippen molar-refractivity contribution in [2.45, 2.75) is 105 Å². The predicted molar refractivity (Wildman–Crippen MR) is 255 cm³/mol. The minimum atomic E-state index is -1.89. The predicted octanol–water partition coefficient (Wildman–Crippen LogP) is 6.52. The van der Waals surface area contributed by atoms with Crippen LogP contribution >= 0.6 is 0 Å². The van der Waals surface area contributed by atoms with Gasteiger partial charge in [-0.15, -0.1) is 0 Å². The van der Waals surface area contributed by atoms with Crippen molar-refractivity contribution in [3.8, 4) is 11.5 Å². The van der Waals surface area contributed by atoms with Gasteiger partial charge in [0, 0.05) is 105 Å². The number of anilines is 2. The van der Waals surface area contributed by atoms with Crippen LogP contribution in [0, 0.1) is 30.6 Å². The molecule has 0 radical (unpaired) electrons. The van der Waals surface area contributed by atoms with Gasteiger partial charge in [-0.1, -0.05) is 51.1 Å². The maximum Gasteiger partial charge on any atom is 0.302 e. The lowest BCUT2D eigenvalue weighted by atomic mass is 9.78. The second kappa shape index (κ2) is 19.3. The molecule has 0 aliphatic carbocycles. The number of hydrogen-bond acceptors (Lipinski definition) is 16. The first kappa shape index (κ1) is 48.9. The smallest absolute Gasteiger partial charge is 0.302 e. The van der Waals surface area contributed by atoms with Crippen molar-refractivity contribution < 1.29 is 53.5 Å². The van der Waals surface area contributed by atoms with E-state index in [0.717, 1.165) is 31.9 Å². The fourth-order valence-electron chi connectivity index (χ4n) is 9.64. The van der Waals surface area contributed by atoms with E-state index in [4.69, 9.17) is 28.3 Å². The van der Waals surface area contributed by atoms with Gasteiger partial charge in [0.1, 0.15) is 28.6 Å². The fourth-order valence-corrected chi connectivity index (χ4v) is 9.64. The number of hydrogen-bond donors (Lipinski definition) is 5. The summed E-state index contributed by atoms with van der Waals surface area (Å²) in [4.78, 5) is 50.7. The first-order valence-corrected chi connectivity index (χ1v) is 22.8. The Hall–Kier alpha value is -6.01. The van der Waals surface area contributed by atoms with Crippen molar-refractivity contribution >= 4 is 61.9 Å². The van der Waals surface area contributed by atoms with Crippen molar-refractivity contribution in [3.63, 3.8) is 0 Å². The minimum Gasteiger partial charge on any atom is -0.505 e. The number of aliphatic hydroxyl groups excluding tert-OH is 2. The molecular weight excluding hydrogens is 863 g/mol. The van der Waals surface area contributed by atoms with Gasteiger partial charge in [0.15, 0.2) is 28.1 Å². The van der Waals surface area contributed by atoms with Crippen molar-refractivity contribution in [1.82, 2.24) is 9.88 Å². The Morgan fingerprint density at radius 2 is 1.70 bits per heavy atom. The number of amides is 1. The van der Waals surface area contributed by atoms with E-state index in [1.807, 2.05) is 12.1 Å². The Labute approximate surface area is 389 Å². The van der Waals surface area contributed by atoms with Gasteiger partial charge in [0.25, 0.3) is 11.7 Å². The molecule has 4 aromatic rings. The molecule has 0 saturated carbocycles. The molecule has 1 saturated heterocycles. The number of piperazine rings is 1. The van der Waals surface area contributed by atoms with Crippen LogP contribution in [-0.2, 0) is 23.8 Å². The Morgan fingerprint density at radius 1 is 1.00 bits per heavy atom. The molecule has 1 fully saturated rings. The molecule has 1 aromatic heterocycles. The first-order chi connectivity index (χ1) is 31.7. The summed E-state index contributed by atoms with van der Waals surface area (Å²) < 4.78 is 30.9. The quantitative estimate of drug-likeness (QED) is 0.0367. The van der Waals surface area contributed by atoms with Crippen LogP contribution in [0.25, 0.3) is 33.0 Å². The molecule has 360 valence electrons. The largest absolute Gasteiger partial charge is 0.505 e. The molecule has 4 bridgehead atoms. The molecule has 0 spiro atoms. The highest BCUT2D eigenvalue weighted by Gasteiger charge is 2.48. The Morgan fingerprint density at radius 3 is 2.34 bits per heavy atom. The summed E-state index contributed by atoms with van der Waals surface area (Å²) in [6.07, 6.45) is 3.81. The summed E-state index contributed by atoms with van der Waals surface area (Å²) in [7, 11) is 1.46. The van der Waals surface area contributed by atoms with Gasteiger partial charge in [0.05, 0.1) is 35.5 Å². The topological polar surface area (TPSA) is 226 Å². The zero-order valence-corrected chi connectivity index (χ0v) is 40.0. The number of oxime groups is 1. The van der Waals surface area contributed by atoms with Gasteiger partial charge in [-0.3, -0.25) is 19.3 Å². The molecule has 9 atom stereocenters. The van der Waals surface area contributed by atoms with E-state index in [2.05, 4.69) is 34.1 Å². The van der Waals surface area contributed by atoms with Crippen LogP contribution in [0.4, 0.5) is 11.4 Å². The Balaban J connectivity index is 1.44. The molecule has 1 amide bonds. The Bertz CT molecular complexity index is 2760. The van der Waals surface area contributed by atoms with Gasteiger partial charge < -0.3 is 54.1 Å². The third-order valence-corrected chi connectivity index (χ3v) is 13.9. The standard InChI is InChI=1S/C50H63N5O12/c1-24(2)54-18-20-55(21-19-54)32-15-16-33-35(23-32)66-47-39(51-33)36-37-43(59)30(8)46-38(36)48(53-62)50(10,67-46)64-22-17-34(63-11)27(5)45(65-31(9)56)29(7)42(58)28(6)41(57)25(3)13-12-14-26(4)49(61)52-40(47)44(37)60/h12-17,22-25,27-29,34,41-42,45,57-58,60,62H,18-21H2,1-11H3,(H,52,61)/b13-12+,22-17+,26-14-,53-48-/t25-,27+,28+,29+,34-,41-,42+,45+,50-/m0/s1.